The van der Waals surface area contributed by atoms with E-state index >= 15 is 0 Å². The number of urea groups is 1. The highest BCUT2D eigenvalue weighted by Gasteiger charge is 2.35. The van der Waals surface area contributed by atoms with Crippen molar-refractivity contribution < 1.29 is 22.9 Å². The highest BCUT2D eigenvalue weighted by atomic mass is 32.2. The van der Waals surface area contributed by atoms with Crippen LogP contribution < -0.4 is 15.5 Å². The maximum Gasteiger partial charge on any atom is 0.321 e. The Balaban J connectivity index is 1.99. The van der Waals surface area contributed by atoms with Gasteiger partial charge in [0.1, 0.15) is 0 Å². The number of imide groups is 1. The van der Waals surface area contributed by atoms with Crippen LogP contribution in [0.4, 0.5) is 4.79 Å². The molecular formula is C19H31N4O4S+. The summed E-state index contributed by atoms with van der Waals surface area (Å²) >= 11 is 0. The van der Waals surface area contributed by atoms with Gasteiger partial charge in [0.05, 0.1) is 31.1 Å². The standard InChI is InChI=1S/C19H30N4O4S/c1-13(2)20-19(25)21-18(24)16(5)22-8-10-23(11-9-22)28(26,27)17-12-14(3)6-7-15(17)4/h6-7,12-13,16H,8-11H2,1-5H3,(H2,20,21,24,25)/p+1/t16-/m0/s1. The molecule has 0 unspecified atom stereocenters. The third kappa shape index (κ3) is 5.30. The number of amides is 3. The van der Waals surface area contributed by atoms with E-state index in [0.717, 1.165) is 16.0 Å². The maximum absolute atomic E-state index is 13.0. The molecule has 0 bridgehead atoms. The van der Waals surface area contributed by atoms with Gasteiger partial charge in [-0.1, -0.05) is 12.1 Å². The van der Waals surface area contributed by atoms with Crippen molar-refractivity contribution in [1.29, 1.82) is 0 Å². The number of rotatable bonds is 5. The Bertz CT molecular complexity index is 830. The largest absolute Gasteiger partial charge is 0.336 e. The van der Waals surface area contributed by atoms with Gasteiger partial charge in [-0.3, -0.25) is 10.1 Å². The summed E-state index contributed by atoms with van der Waals surface area (Å²) in [5, 5.41) is 4.97. The Morgan fingerprint density at radius 3 is 2.29 bits per heavy atom. The average molecular weight is 412 g/mol. The van der Waals surface area contributed by atoms with E-state index in [1.54, 1.807) is 19.9 Å². The van der Waals surface area contributed by atoms with Crippen molar-refractivity contribution in [3.8, 4) is 0 Å². The van der Waals surface area contributed by atoms with Crippen molar-refractivity contribution in [2.75, 3.05) is 26.2 Å². The topological polar surface area (TPSA) is 100 Å². The van der Waals surface area contributed by atoms with Gasteiger partial charge in [-0.05, 0) is 51.8 Å². The molecule has 0 aromatic heterocycles. The van der Waals surface area contributed by atoms with Crippen molar-refractivity contribution in [2.45, 2.75) is 51.6 Å². The van der Waals surface area contributed by atoms with Gasteiger partial charge in [0.25, 0.3) is 5.91 Å². The molecule has 1 aliphatic heterocycles. The van der Waals surface area contributed by atoms with Crippen LogP contribution in [0.1, 0.15) is 31.9 Å². The van der Waals surface area contributed by atoms with E-state index in [2.05, 4.69) is 10.6 Å². The predicted molar refractivity (Wildman–Crippen MR) is 107 cm³/mol. The van der Waals surface area contributed by atoms with Crippen LogP contribution in [0.5, 0.6) is 0 Å². The first-order valence-electron chi connectivity index (χ1n) is 9.55. The molecule has 8 nitrogen and oxygen atoms in total. The minimum atomic E-state index is -3.56. The van der Waals surface area contributed by atoms with Gasteiger partial charge in [0.2, 0.25) is 10.0 Å². The summed E-state index contributed by atoms with van der Waals surface area (Å²) in [5.41, 5.74) is 1.63. The SMILES string of the molecule is Cc1ccc(C)c(S(=O)(=O)N2CC[NH+]([C@@H](C)C(=O)NC(=O)NC(C)C)CC2)c1. The lowest BCUT2D eigenvalue weighted by molar-refractivity contribution is -0.917. The number of quaternary nitrogens is 1. The van der Waals surface area contributed by atoms with Gasteiger partial charge in [-0.25, -0.2) is 13.2 Å². The van der Waals surface area contributed by atoms with Gasteiger partial charge >= 0.3 is 6.03 Å². The first kappa shape index (κ1) is 22.3. The van der Waals surface area contributed by atoms with E-state index in [4.69, 9.17) is 0 Å². The number of carbonyl (C=O) groups is 2. The summed E-state index contributed by atoms with van der Waals surface area (Å²) in [6.45, 7) is 10.7. The van der Waals surface area contributed by atoms with Crippen LogP contribution in [0.3, 0.4) is 0 Å². The zero-order valence-corrected chi connectivity index (χ0v) is 18.0. The number of hydrogen-bond donors (Lipinski definition) is 3. The van der Waals surface area contributed by atoms with Crippen LogP contribution >= 0.6 is 0 Å². The molecule has 0 radical (unpaired) electrons. The normalized spacial score (nSPS) is 17.4. The number of carbonyl (C=O) groups excluding carboxylic acids is 2. The lowest BCUT2D eigenvalue weighted by Crippen LogP contribution is -3.19. The molecule has 1 atom stereocenters. The maximum atomic E-state index is 13.0. The van der Waals surface area contributed by atoms with Crippen LogP contribution in [0.25, 0.3) is 0 Å². The summed E-state index contributed by atoms with van der Waals surface area (Å²) in [6.07, 6.45) is 0. The Hall–Kier alpha value is -1.97. The highest BCUT2D eigenvalue weighted by molar-refractivity contribution is 7.89. The molecule has 28 heavy (non-hydrogen) atoms. The lowest BCUT2D eigenvalue weighted by atomic mass is 10.2. The van der Waals surface area contributed by atoms with Crippen molar-refractivity contribution in [3.05, 3.63) is 29.3 Å². The van der Waals surface area contributed by atoms with Crippen LogP contribution in [0.15, 0.2) is 23.1 Å². The minimum Gasteiger partial charge on any atom is -0.336 e. The highest BCUT2D eigenvalue weighted by Crippen LogP contribution is 2.21. The molecular weight excluding hydrogens is 380 g/mol. The van der Waals surface area contributed by atoms with E-state index < -0.39 is 22.1 Å². The van der Waals surface area contributed by atoms with Crippen molar-refractivity contribution in [3.63, 3.8) is 0 Å². The third-order valence-electron chi connectivity index (χ3n) is 4.99. The monoisotopic (exact) mass is 411 g/mol. The van der Waals surface area contributed by atoms with Crippen molar-refractivity contribution in [2.24, 2.45) is 0 Å². The lowest BCUT2D eigenvalue weighted by Gasteiger charge is -2.34. The summed E-state index contributed by atoms with van der Waals surface area (Å²) in [5.74, 6) is -0.362. The van der Waals surface area contributed by atoms with Gasteiger partial charge in [-0.15, -0.1) is 0 Å². The number of nitrogens with one attached hydrogen (secondary N) is 3. The van der Waals surface area contributed by atoms with E-state index in [1.807, 2.05) is 32.9 Å². The zero-order chi connectivity index (χ0) is 21.1. The molecule has 1 aromatic carbocycles. The summed E-state index contributed by atoms with van der Waals surface area (Å²) in [7, 11) is -3.56. The number of hydrogen-bond acceptors (Lipinski definition) is 4. The molecule has 3 N–H and O–H groups in total. The zero-order valence-electron chi connectivity index (χ0n) is 17.2. The average Bonchev–Trinajstić information content (AvgIpc) is 2.62. The molecule has 1 heterocycles. The molecule has 0 spiro atoms. The Kier molecular flexibility index (Phi) is 7.19. The third-order valence-corrected chi connectivity index (χ3v) is 7.03. The molecule has 3 amide bonds. The van der Waals surface area contributed by atoms with E-state index in [9.17, 15) is 18.0 Å². The van der Waals surface area contributed by atoms with Gasteiger partial charge < -0.3 is 10.2 Å². The molecule has 0 aliphatic carbocycles. The molecule has 1 fully saturated rings. The number of benzene rings is 1. The molecule has 0 saturated carbocycles. The van der Waals surface area contributed by atoms with Crippen molar-refractivity contribution in [1.82, 2.24) is 14.9 Å². The summed E-state index contributed by atoms with van der Waals surface area (Å²) < 4.78 is 27.5. The number of nitrogens with zero attached hydrogens (tertiary/aromatic N) is 1. The minimum absolute atomic E-state index is 0.0608. The summed E-state index contributed by atoms with van der Waals surface area (Å²) in [6, 6.07) is 4.40. The van der Waals surface area contributed by atoms with E-state index in [0.29, 0.717) is 31.1 Å². The fourth-order valence-corrected chi connectivity index (χ4v) is 5.03. The molecule has 1 aliphatic rings. The smallest absolute Gasteiger partial charge is 0.321 e. The van der Waals surface area contributed by atoms with Crippen LogP contribution in [-0.4, -0.2) is 62.9 Å². The van der Waals surface area contributed by atoms with Gasteiger partial charge in [-0.2, -0.15) is 4.31 Å². The number of sulfonamides is 1. The number of piperazine rings is 1. The Labute approximate surface area is 167 Å². The van der Waals surface area contributed by atoms with Crippen LogP contribution in [-0.2, 0) is 14.8 Å². The quantitative estimate of drug-likeness (QED) is 0.626. The Morgan fingerprint density at radius 1 is 1.11 bits per heavy atom. The molecule has 1 saturated heterocycles. The Morgan fingerprint density at radius 2 is 1.71 bits per heavy atom. The first-order chi connectivity index (χ1) is 13.0. The van der Waals surface area contributed by atoms with Gasteiger partial charge in [0.15, 0.2) is 6.04 Å². The second-order valence-corrected chi connectivity index (χ2v) is 9.58. The first-order valence-corrected chi connectivity index (χ1v) is 11.0. The van der Waals surface area contributed by atoms with Crippen LogP contribution in [0, 0.1) is 13.8 Å². The fraction of sp³-hybridized carbons (Fsp3) is 0.579. The fourth-order valence-electron chi connectivity index (χ4n) is 3.27. The van der Waals surface area contributed by atoms with E-state index in [1.165, 1.54) is 4.31 Å². The predicted octanol–water partition coefficient (Wildman–Crippen LogP) is -0.185. The second kappa shape index (κ2) is 9.02. The molecule has 1 aromatic rings. The molecule has 9 heteroatoms. The summed E-state index contributed by atoms with van der Waals surface area (Å²) in [4.78, 5) is 25.3. The van der Waals surface area contributed by atoms with E-state index in [-0.39, 0.29) is 11.9 Å². The van der Waals surface area contributed by atoms with Crippen LogP contribution in [0.2, 0.25) is 0 Å². The second-order valence-electron chi connectivity index (χ2n) is 7.67. The molecule has 2 rings (SSSR count). The number of aryl methyl sites for hydroxylation is 2. The van der Waals surface area contributed by atoms with Crippen molar-refractivity contribution >= 4 is 22.0 Å². The molecule has 156 valence electrons. The van der Waals surface area contributed by atoms with Gasteiger partial charge in [0, 0.05) is 6.04 Å².